The van der Waals surface area contributed by atoms with Crippen LogP contribution in [0.5, 0.6) is 0 Å². The van der Waals surface area contributed by atoms with Gasteiger partial charge in [-0.15, -0.1) is 0 Å². The molecule has 3 atom stereocenters. The molecule has 0 radical (unpaired) electrons. The van der Waals surface area contributed by atoms with E-state index in [1.807, 2.05) is 13.8 Å². The number of aldehydes is 1. The molecular formula is C8H14O3. The van der Waals surface area contributed by atoms with Gasteiger partial charge >= 0.3 is 0 Å². The molecule has 1 heterocycles. The van der Waals surface area contributed by atoms with Crippen LogP contribution in [0.25, 0.3) is 0 Å². The van der Waals surface area contributed by atoms with Gasteiger partial charge in [-0.2, -0.15) is 0 Å². The Balaban J connectivity index is 2.68. The first-order chi connectivity index (χ1) is 5.14. The van der Waals surface area contributed by atoms with Crippen LogP contribution in [-0.2, 0) is 9.53 Å². The predicted octanol–water partition coefficient (Wildman–Crippen LogP) is 0.361. The Morgan fingerprint density at radius 2 is 2.45 bits per heavy atom. The summed E-state index contributed by atoms with van der Waals surface area (Å²) in [5, 5.41) is 9.79. The molecule has 64 valence electrons. The molecule has 0 aromatic rings. The van der Waals surface area contributed by atoms with E-state index in [1.165, 1.54) is 0 Å². The first kappa shape index (κ1) is 8.68. The zero-order valence-electron chi connectivity index (χ0n) is 6.91. The van der Waals surface area contributed by atoms with Gasteiger partial charge in [0.05, 0.1) is 12.2 Å². The van der Waals surface area contributed by atoms with Crippen molar-refractivity contribution in [3.05, 3.63) is 0 Å². The number of rotatable bonds is 2. The smallest absolute Gasteiger partial charge is 0.149 e. The maximum atomic E-state index is 10.4. The van der Waals surface area contributed by atoms with E-state index in [2.05, 4.69) is 0 Å². The average Bonchev–Trinajstić information content (AvgIpc) is 2.31. The SMILES string of the molecule is CC[C@]1(O)CO[C@H](C=O)C1C. The molecule has 11 heavy (non-hydrogen) atoms. The Morgan fingerprint density at radius 3 is 2.73 bits per heavy atom. The van der Waals surface area contributed by atoms with Crippen LogP contribution in [0, 0.1) is 5.92 Å². The fourth-order valence-electron chi connectivity index (χ4n) is 1.40. The number of aliphatic hydroxyl groups is 1. The van der Waals surface area contributed by atoms with Crippen LogP contribution in [0.15, 0.2) is 0 Å². The lowest BCUT2D eigenvalue weighted by atomic mass is 9.86. The highest BCUT2D eigenvalue weighted by atomic mass is 16.5. The quantitative estimate of drug-likeness (QED) is 0.590. The van der Waals surface area contributed by atoms with E-state index in [1.54, 1.807) is 0 Å². The third-order valence-corrected chi connectivity index (χ3v) is 2.61. The number of carbonyl (C=O) groups excluding carboxylic acids is 1. The lowest BCUT2D eigenvalue weighted by Gasteiger charge is -2.24. The second-order valence-electron chi connectivity index (χ2n) is 3.16. The molecule has 1 saturated heterocycles. The van der Waals surface area contributed by atoms with Crippen LogP contribution in [0.3, 0.4) is 0 Å². The molecule has 1 fully saturated rings. The summed E-state index contributed by atoms with van der Waals surface area (Å²) in [5.41, 5.74) is -0.786. The van der Waals surface area contributed by atoms with Gasteiger partial charge in [0.1, 0.15) is 12.4 Å². The third-order valence-electron chi connectivity index (χ3n) is 2.61. The van der Waals surface area contributed by atoms with E-state index in [0.717, 1.165) is 6.29 Å². The second kappa shape index (κ2) is 2.91. The first-order valence-electron chi connectivity index (χ1n) is 3.93. The van der Waals surface area contributed by atoms with Gasteiger partial charge in [0.15, 0.2) is 0 Å². The molecule has 0 spiro atoms. The molecule has 1 rings (SSSR count). The molecule has 0 aromatic heterocycles. The third kappa shape index (κ3) is 1.30. The maximum Gasteiger partial charge on any atom is 0.149 e. The molecule has 0 amide bonds. The number of ether oxygens (including phenoxy) is 1. The van der Waals surface area contributed by atoms with Crippen molar-refractivity contribution in [2.45, 2.75) is 32.0 Å². The van der Waals surface area contributed by atoms with E-state index in [9.17, 15) is 9.90 Å². The van der Waals surface area contributed by atoms with Crippen molar-refractivity contribution >= 4 is 6.29 Å². The monoisotopic (exact) mass is 158 g/mol. The molecule has 0 bridgehead atoms. The molecule has 1 aliphatic rings. The zero-order chi connectivity index (χ0) is 8.48. The molecule has 1 N–H and O–H groups in total. The van der Waals surface area contributed by atoms with Crippen LogP contribution in [0.4, 0.5) is 0 Å². The Morgan fingerprint density at radius 1 is 1.82 bits per heavy atom. The summed E-state index contributed by atoms with van der Waals surface area (Å²) >= 11 is 0. The standard InChI is InChI=1S/C8H14O3/c1-3-8(10)5-11-7(4-9)6(8)2/h4,6-7,10H,3,5H2,1-2H3/t6?,7-,8+/m1/s1. The number of hydrogen-bond acceptors (Lipinski definition) is 3. The summed E-state index contributed by atoms with van der Waals surface area (Å²) in [6.07, 6.45) is 0.983. The topological polar surface area (TPSA) is 46.5 Å². The summed E-state index contributed by atoms with van der Waals surface area (Å²) in [6.45, 7) is 4.02. The maximum absolute atomic E-state index is 10.4. The average molecular weight is 158 g/mol. The fourth-order valence-corrected chi connectivity index (χ4v) is 1.40. The Kier molecular flexibility index (Phi) is 2.30. The molecule has 3 heteroatoms. The molecule has 0 saturated carbocycles. The van der Waals surface area contributed by atoms with Crippen molar-refractivity contribution in [3.63, 3.8) is 0 Å². The van der Waals surface area contributed by atoms with Crippen LogP contribution in [0.2, 0.25) is 0 Å². The van der Waals surface area contributed by atoms with Crippen molar-refractivity contribution in [2.75, 3.05) is 6.61 Å². The zero-order valence-corrected chi connectivity index (χ0v) is 6.91. The van der Waals surface area contributed by atoms with Crippen molar-refractivity contribution in [1.82, 2.24) is 0 Å². The number of hydrogen-bond donors (Lipinski definition) is 1. The Bertz CT molecular complexity index is 157. The molecule has 1 unspecified atom stereocenters. The van der Waals surface area contributed by atoms with Gasteiger partial charge in [0, 0.05) is 5.92 Å². The van der Waals surface area contributed by atoms with Crippen LogP contribution >= 0.6 is 0 Å². The van der Waals surface area contributed by atoms with Crippen LogP contribution < -0.4 is 0 Å². The van der Waals surface area contributed by atoms with E-state index in [-0.39, 0.29) is 12.5 Å². The van der Waals surface area contributed by atoms with Crippen LogP contribution in [-0.4, -0.2) is 29.7 Å². The van der Waals surface area contributed by atoms with Gasteiger partial charge in [-0.05, 0) is 6.42 Å². The predicted molar refractivity (Wildman–Crippen MR) is 40.2 cm³/mol. The van der Waals surface area contributed by atoms with E-state index in [4.69, 9.17) is 4.74 Å². The molecule has 3 nitrogen and oxygen atoms in total. The lowest BCUT2D eigenvalue weighted by molar-refractivity contribution is -0.116. The van der Waals surface area contributed by atoms with E-state index < -0.39 is 11.7 Å². The summed E-state index contributed by atoms with van der Waals surface area (Å²) in [4.78, 5) is 10.4. The normalized spacial score (nSPS) is 44.3. The molecular weight excluding hydrogens is 144 g/mol. The van der Waals surface area contributed by atoms with E-state index >= 15 is 0 Å². The van der Waals surface area contributed by atoms with Gasteiger partial charge in [-0.25, -0.2) is 0 Å². The van der Waals surface area contributed by atoms with Gasteiger partial charge in [0.2, 0.25) is 0 Å². The summed E-state index contributed by atoms with van der Waals surface area (Å²) in [5.74, 6) is -0.0787. The summed E-state index contributed by atoms with van der Waals surface area (Å²) < 4.78 is 5.10. The highest BCUT2D eigenvalue weighted by molar-refractivity contribution is 5.57. The lowest BCUT2D eigenvalue weighted by Crippen LogP contribution is -2.36. The van der Waals surface area contributed by atoms with Crippen molar-refractivity contribution < 1.29 is 14.6 Å². The Hall–Kier alpha value is -0.410. The minimum absolute atomic E-state index is 0.0787. The molecule has 1 aliphatic heterocycles. The Labute approximate surface area is 66.4 Å². The van der Waals surface area contributed by atoms with Crippen molar-refractivity contribution in [2.24, 2.45) is 5.92 Å². The van der Waals surface area contributed by atoms with Gasteiger partial charge in [-0.3, -0.25) is 0 Å². The highest BCUT2D eigenvalue weighted by Crippen LogP contribution is 2.32. The van der Waals surface area contributed by atoms with Gasteiger partial charge < -0.3 is 14.6 Å². The highest BCUT2D eigenvalue weighted by Gasteiger charge is 2.44. The largest absolute Gasteiger partial charge is 0.387 e. The minimum Gasteiger partial charge on any atom is -0.387 e. The minimum atomic E-state index is -0.786. The summed E-state index contributed by atoms with van der Waals surface area (Å²) in [7, 11) is 0. The van der Waals surface area contributed by atoms with E-state index in [0.29, 0.717) is 6.42 Å². The van der Waals surface area contributed by atoms with Crippen molar-refractivity contribution in [3.8, 4) is 0 Å². The summed E-state index contributed by atoms with van der Waals surface area (Å²) in [6, 6.07) is 0. The molecule has 0 aromatic carbocycles. The fraction of sp³-hybridized carbons (Fsp3) is 0.875. The van der Waals surface area contributed by atoms with Crippen LogP contribution in [0.1, 0.15) is 20.3 Å². The van der Waals surface area contributed by atoms with Crippen molar-refractivity contribution in [1.29, 1.82) is 0 Å². The number of carbonyl (C=O) groups is 1. The second-order valence-corrected chi connectivity index (χ2v) is 3.16. The first-order valence-corrected chi connectivity index (χ1v) is 3.93. The van der Waals surface area contributed by atoms with Gasteiger partial charge in [0.25, 0.3) is 0 Å². The van der Waals surface area contributed by atoms with Gasteiger partial charge in [-0.1, -0.05) is 13.8 Å². The molecule has 0 aliphatic carbocycles.